The molecule has 2 aromatic carbocycles. The Kier molecular flexibility index (Phi) is 9.58. The highest BCUT2D eigenvalue weighted by Gasteiger charge is 2.27. The number of carbonyl (C=O) groups excluding carboxylic acids is 2. The summed E-state index contributed by atoms with van der Waals surface area (Å²) >= 11 is 0. The largest absolute Gasteiger partial charge is 0.492 e. The van der Waals surface area contributed by atoms with Gasteiger partial charge in [-0.05, 0) is 56.7 Å². The van der Waals surface area contributed by atoms with Gasteiger partial charge in [0.15, 0.2) is 0 Å². The number of nitrogens with zero attached hydrogens (tertiary/aromatic N) is 2. The number of methoxy groups -OCH3 is 1. The summed E-state index contributed by atoms with van der Waals surface area (Å²) in [5, 5.41) is 10.4. The van der Waals surface area contributed by atoms with Crippen LogP contribution in [0.5, 0.6) is 5.75 Å². The maximum atomic E-state index is 13.2. The van der Waals surface area contributed by atoms with Gasteiger partial charge in [0.05, 0.1) is 42.9 Å². The van der Waals surface area contributed by atoms with Crippen LogP contribution in [0, 0.1) is 11.3 Å². The van der Waals surface area contributed by atoms with E-state index in [1.165, 1.54) is 25.3 Å². The lowest BCUT2D eigenvalue weighted by Gasteiger charge is -2.20. The third-order valence-electron chi connectivity index (χ3n) is 5.33. The fourth-order valence-corrected chi connectivity index (χ4v) is 4.81. The molecular formula is C27H30N4O7S. The number of carbonyl (C=O) groups is 2. The van der Waals surface area contributed by atoms with Gasteiger partial charge in [-0.25, -0.2) is 18.7 Å². The predicted molar refractivity (Wildman–Crippen MR) is 142 cm³/mol. The van der Waals surface area contributed by atoms with Gasteiger partial charge in [0.1, 0.15) is 16.7 Å². The molecule has 0 aliphatic rings. The van der Waals surface area contributed by atoms with E-state index in [-0.39, 0.29) is 22.8 Å². The Labute approximate surface area is 227 Å². The molecule has 0 saturated heterocycles. The van der Waals surface area contributed by atoms with Crippen molar-refractivity contribution in [1.82, 2.24) is 15.2 Å². The van der Waals surface area contributed by atoms with Crippen molar-refractivity contribution in [2.45, 2.75) is 50.2 Å². The Morgan fingerprint density at radius 2 is 1.90 bits per heavy atom. The minimum atomic E-state index is -4.35. The number of pyridine rings is 1. The van der Waals surface area contributed by atoms with Crippen molar-refractivity contribution >= 4 is 32.8 Å². The van der Waals surface area contributed by atoms with Gasteiger partial charge in [-0.2, -0.15) is 9.98 Å². The minimum absolute atomic E-state index is 0.0788. The van der Waals surface area contributed by atoms with Gasteiger partial charge in [-0.1, -0.05) is 18.2 Å². The fraction of sp³-hybridized carbons (Fsp3) is 0.333. The highest BCUT2D eigenvalue weighted by atomic mass is 32.2. The van der Waals surface area contributed by atoms with Crippen molar-refractivity contribution in [2.24, 2.45) is 0 Å². The molecule has 1 aromatic heterocycles. The van der Waals surface area contributed by atoms with Crippen LogP contribution in [-0.2, 0) is 30.8 Å². The summed E-state index contributed by atoms with van der Waals surface area (Å²) in [4.78, 5) is 33.5. The number of ether oxygens (including phenoxy) is 2. The average Bonchev–Trinajstić information content (AvgIpc) is 2.90. The van der Waals surface area contributed by atoms with Gasteiger partial charge in [-0.15, -0.1) is 0 Å². The number of hydroxylamine groups is 1. The van der Waals surface area contributed by atoms with Crippen molar-refractivity contribution in [1.29, 1.82) is 5.26 Å². The van der Waals surface area contributed by atoms with Crippen molar-refractivity contribution in [3.05, 3.63) is 65.9 Å². The zero-order chi connectivity index (χ0) is 28.6. The molecule has 12 heteroatoms. The summed E-state index contributed by atoms with van der Waals surface area (Å²) in [7, 11) is -3.15. The first kappa shape index (κ1) is 29.5. The second-order valence-corrected chi connectivity index (χ2v) is 11.2. The van der Waals surface area contributed by atoms with E-state index in [4.69, 9.17) is 14.3 Å². The number of amides is 1. The standard InChI is InChI=1S/C27H30N4O7S/c1-27(2,3)38-30-25(32)16-20(17-28)31-39(34,35)24-11-10-19(26(33)36-4)15-23(24)37-14-12-18-7-5-9-22-21(18)8-6-13-29-22/h5-11,13,15,20,31H,12,14,16H2,1-4H3,(H,30,32)/t20-/m0/s1. The van der Waals surface area contributed by atoms with Crippen molar-refractivity contribution in [3.8, 4) is 11.8 Å². The van der Waals surface area contributed by atoms with Crippen LogP contribution >= 0.6 is 0 Å². The summed E-state index contributed by atoms with van der Waals surface area (Å²) in [6.07, 6.45) is 1.63. The Balaban J connectivity index is 1.81. The third-order valence-corrected chi connectivity index (χ3v) is 6.84. The van der Waals surface area contributed by atoms with E-state index in [0.717, 1.165) is 16.5 Å². The summed E-state index contributed by atoms with van der Waals surface area (Å²) in [6, 6.07) is 13.5. The number of aromatic nitrogens is 1. The molecule has 11 nitrogen and oxygen atoms in total. The second-order valence-electron chi connectivity index (χ2n) is 9.49. The quantitative estimate of drug-likeness (QED) is 0.268. The Morgan fingerprint density at radius 1 is 1.13 bits per heavy atom. The molecule has 39 heavy (non-hydrogen) atoms. The average molecular weight is 555 g/mol. The number of nitrogens with one attached hydrogen (secondary N) is 2. The number of rotatable bonds is 11. The maximum Gasteiger partial charge on any atom is 0.337 e. The lowest BCUT2D eigenvalue weighted by atomic mass is 10.1. The van der Waals surface area contributed by atoms with E-state index >= 15 is 0 Å². The van der Waals surface area contributed by atoms with Crippen LogP contribution in [0.25, 0.3) is 10.9 Å². The minimum Gasteiger partial charge on any atom is -0.492 e. The van der Waals surface area contributed by atoms with Gasteiger partial charge < -0.3 is 9.47 Å². The lowest BCUT2D eigenvalue weighted by Crippen LogP contribution is -2.40. The molecule has 0 fully saturated rings. The topological polar surface area (TPSA) is 157 Å². The van der Waals surface area contributed by atoms with Crippen LogP contribution in [0.4, 0.5) is 0 Å². The third kappa shape index (κ3) is 8.22. The Bertz CT molecular complexity index is 1490. The molecular weight excluding hydrogens is 524 g/mol. The molecule has 1 atom stereocenters. The van der Waals surface area contributed by atoms with Crippen molar-refractivity contribution in [2.75, 3.05) is 13.7 Å². The highest BCUT2D eigenvalue weighted by molar-refractivity contribution is 7.89. The monoisotopic (exact) mass is 554 g/mol. The summed E-state index contributed by atoms with van der Waals surface area (Å²) < 4.78 is 39.3. The molecule has 3 aromatic rings. The highest BCUT2D eigenvalue weighted by Crippen LogP contribution is 2.27. The SMILES string of the molecule is COC(=O)c1ccc(S(=O)(=O)N[C@H](C#N)CC(=O)NOC(C)(C)C)c(OCCc2cccc3ncccc23)c1. The van der Waals surface area contributed by atoms with E-state index in [1.807, 2.05) is 30.3 Å². The van der Waals surface area contributed by atoms with E-state index in [2.05, 4.69) is 15.2 Å². The number of fused-ring (bicyclic) bond motifs is 1. The van der Waals surface area contributed by atoms with Crippen molar-refractivity contribution < 1.29 is 32.3 Å². The van der Waals surface area contributed by atoms with E-state index in [1.54, 1.807) is 33.0 Å². The molecule has 0 aliphatic heterocycles. The zero-order valence-corrected chi connectivity index (χ0v) is 22.9. The van der Waals surface area contributed by atoms with Crippen LogP contribution in [-0.4, -0.2) is 50.6 Å². The van der Waals surface area contributed by atoms with E-state index in [0.29, 0.717) is 6.42 Å². The smallest absolute Gasteiger partial charge is 0.337 e. The Hall–Kier alpha value is -4.05. The fourth-order valence-electron chi connectivity index (χ4n) is 3.55. The Morgan fingerprint density at radius 3 is 2.59 bits per heavy atom. The molecule has 0 unspecified atom stereocenters. The first-order valence-corrected chi connectivity index (χ1v) is 13.5. The first-order valence-electron chi connectivity index (χ1n) is 12.0. The van der Waals surface area contributed by atoms with Gasteiger partial charge in [0.25, 0.3) is 0 Å². The van der Waals surface area contributed by atoms with Crippen LogP contribution in [0.15, 0.2) is 59.6 Å². The number of nitriles is 1. The van der Waals surface area contributed by atoms with Gasteiger partial charge in [0, 0.05) is 18.0 Å². The molecule has 1 amide bonds. The molecule has 0 spiro atoms. The lowest BCUT2D eigenvalue weighted by molar-refractivity contribution is -0.145. The maximum absolute atomic E-state index is 13.2. The molecule has 2 N–H and O–H groups in total. The predicted octanol–water partition coefficient (Wildman–Crippen LogP) is 3.05. The molecule has 0 bridgehead atoms. The second kappa shape index (κ2) is 12.7. The number of hydrogen-bond donors (Lipinski definition) is 2. The molecule has 1 heterocycles. The van der Waals surface area contributed by atoms with Crippen LogP contribution in [0.1, 0.15) is 43.1 Å². The summed E-state index contributed by atoms with van der Waals surface area (Å²) in [5.41, 5.74) is 3.37. The molecule has 0 aliphatic carbocycles. The van der Waals surface area contributed by atoms with Crippen LogP contribution in [0.2, 0.25) is 0 Å². The molecule has 0 saturated carbocycles. The number of hydrogen-bond acceptors (Lipinski definition) is 9. The van der Waals surface area contributed by atoms with Crippen LogP contribution in [0.3, 0.4) is 0 Å². The molecule has 206 valence electrons. The van der Waals surface area contributed by atoms with Gasteiger partial charge >= 0.3 is 5.97 Å². The number of benzene rings is 2. The molecule has 0 radical (unpaired) electrons. The number of esters is 1. The van der Waals surface area contributed by atoms with E-state index < -0.39 is 40.0 Å². The van der Waals surface area contributed by atoms with Gasteiger partial charge in [0.2, 0.25) is 15.9 Å². The normalized spacial score (nSPS) is 12.4. The zero-order valence-electron chi connectivity index (χ0n) is 22.1. The number of sulfonamides is 1. The van der Waals surface area contributed by atoms with Crippen LogP contribution < -0.4 is 14.9 Å². The van der Waals surface area contributed by atoms with E-state index in [9.17, 15) is 23.3 Å². The summed E-state index contributed by atoms with van der Waals surface area (Å²) in [6.45, 7) is 5.23. The molecule has 3 rings (SSSR count). The summed E-state index contributed by atoms with van der Waals surface area (Å²) in [5.74, 6) is -1.47. The first-order chi connectivity index (χ1) is 18.4. The van der Waals surface area contributed by atoms with Crippen molar-refractivity contribution in [3.63, 3.8) is 0 Å². The van der Waals surface area contributed by atoms with Gasteiger partial charge in [-0.3, -0.25) is 14.6 Å².